The quantitative estimate of drug-likeness (QED) is 0.627. The standard InChI is InChI=1S/C17H16ClN5O3S/c18-13-2-1-3-15(10-13)27(25,26)21-7-6-17(24)22-14-4-5-16(20-11-14)23-9-8-19-12-23/h1-5,8-12,21H,6-7H2,(H,22,24). The molecule has 0 saturated carbocycles. The van der Waals surface area contributed by atoms with Crippen LogP contribution >= 0.6 is 11.6 Å². The number of aromatic nitrogens is 3. The van der Waals surface area contributed by atoms with Crippen LogP contribution in [0.2, 0.25) is 5.02 Å². The largest absolute Gasteiger partial charge is 0.325 e. The fourth-order valence-corrected chi connectivity index (χ4v) is 3.58. The van der Waals surface area contributed by atoms with Gasteiger partial charge < -0.3 is 5.32 Å². The predicted octanol–water partition coefficient (Wildman–Crippen LogP) is 2.23. The number of nitrogens with zero attached hydrogens (tertiary/aromatic N) is 3. The molecule has 0 radical (unpaired) electrons. The second-order valence-corrected chi connectivity index (χ2v) is 7.73. The van der Waals surface area contributed by atoms with Gasteiger partial charge in [-0.15, -0.1) is 0 Å². The number of halogens is 1. The number of rotatable bonds is 7. The molecule has 8 nitrogen and oxygen atoms in total. The Morgan fingerprint density at radius 3 is 2.74 bits per heavy atom. The van der Waals surface area contributed by atoms with Gasteiger partial charge in [0.25, 0.3) is 0 Å². The van der Waals surface area contributed by atoms with Gasteiger partial charge >= 0.3 is 0 Å². The molecule has 0 aliphatic heterocycles. The smallest absolute Gasteiger partial charge is 0.240 e. The molecule has 3 rings (SSSR count). The lowest BCUT2D eigenvalue weighted by molar-refractivity contribution is -0.116. The van der Waals surface area contributed by atoms with Gasteiger partial charge in [-0.25, -0.2) is 23.1 Å². The molecule has 0 fully saturated rings. The average molecular weight is 406 g/mol. The summed E-state index contributed by atoms with van der Waals surface area (Å²) in [5.41, 5.74) is 0.515. The van der Waals surface area contributed by atoms with Crippen LogP contribution < -0.4 is 10.0 Å². The molecule has 1 aromatic carbocycles. The van der Waals surface area contributed by atoms with E-state index in [1.165, 1.54) is 18.3 Å². The number of pyridine rings is 1. The SMILES string of the molecule is O=C(CCNS(=O)(=O)c1cccc(Cl)c1)Nc1ccc(-n2ccnc2)nc1. The van der Waals surface area contributed by atoms with Crippen molar-refractivity contribution in [3.63, 3.8) is 0 Å². The van der Waals surface area contributed by atoms with Gasteiger partial charge in [0.15, 0.2) is 0 Å². The third-order valence-electron chi connectivity index (χ3n) is 3.55. The van der Waals surface area contributed by atoms with Crippen LogP contribution in [-0.2, 0) is 14.8 Å². The van der Waals surface area contributed by atoms with Crippen LogP contribution in [0, 0.1) is 0 Å². The van der Waals surface area contributed by atoms with E-state index in [1.807, 2.05) is 0 Å². The summed E-state index contributed by atoms with van der Waals surface area (Å²) in [6, 6.07) is 9.35. The van der Waals surface area contributed by atoms with Crippen LogP contribution in [0.1, 0.15) is 6.42 Å². The van der Waals surface area contributed by atoms with Crippen molar-refractivity contribution in [2.45, 2.75) is 11.3 Å². The van der Waals surface area contributed by atoms with Gasteiger partial charge in [0, 0.05) is 30.4 Å². The summed E-state index contributed by atoms with van der Waals surface area (Å²) in [4.78, 5) is 20.2. The molecule has 0 aliphatic rings. The maximum atomic E-state index is 12.2. The number of anilines is 1. The number of benzene rings is 1. The van der Waals surface area contributed by atoms with Crippen LogP contribution in [0.4, 0.5) is 5.69 Å². The van der Waals surface area contributed by atoms with E-state index in [4.69, 9.17) is 11.6 Å². The third kappa shape index (κ3) is 5.13. The summed E-state index contributed by atoms with van der Waals surface area (Å²) in [7, 11) is -3.72. The van der Waals surface area contributed by atoms with Gasteiger partial charge in [-0.05, 0) is 30.3 Å². The van der Waals surface area contributed by atoms with Gasteiger partial charge in [-0.2, -0.15) is 0 Å². The minimum Gasteiger partial charge on any atom is -0.325 e. The molecule has 2 aromatic heterocycles. The maximum Gasteiger partial charge on any atom is 0.240 e. The zero-order valence-electron chi connectivity index (χ0n) is 14.0. The zero-order chi connectivity index (χ0) is 19.3. The van der Waals surface area contributed by atoms with Crippen LogP contribution in [0.25, 0.3) is 5.82 Å². The Balaban J connectivity index is 1.51. The molecule has 0 aliphatic carbocycles. The maximum absolute atomic E-state index is 12.2. The molecule has 140 valence electrons. The summed E-state index contributed by atoms with van der Waals surface area (Å²) in [5, 5.41) is 2.99. The predicted molar refractivity (Wildman–Crippen MR) is 101 cm³/mol. The van der Waals surface area contributed by atoms with Crippen LogP contribution in [0.5, 0.6) is 0 Å². The number of amides is 1. The first kappa shape index (κ1) is 19.0. The van der Waals surface area contributed by atoms with E-state index in [-0.39, 0.29) is 23.8 Å². The summed E-state index contributed by atoms with van der Waals surface area (Å²) in [6.45, 7) is -0.0404. The minimum absolute atomic E-state index is 0.0247. The number of nitrogens with one attached hydrogen (secondary N) is 2. The third-order valence-corrected chi connectivity index (χ3v) is 5.24. The van der Waals surface area contributed by atoms with Gasteiger partial charge in [-0.1, -0.05) is 17.7 Å². The second kappa shape index (κ2) is 8.30. The Kier molecular flexibility index (Phi) is 5.84. The Morgan fingerprint density at radius 2 is 2.07 bits per heavy atom. The molecule has 27 heavy (non-hydrogen) atoms. The second-order valence-electron chi connectivity index (χ2n) is 5.53. The lowest BCUT2D eigenvalue weighted by Gasteiger charge is -2.08. The van der Waals surface area contributed by atoms with Crippen molar-refractivity contribution in [3.8, 4) is 5.82 Å². The summed E-state index contributed by atoms with van der Waals surface area (Å²) in [5.74, 6) is 0.334. The molecule has 0 spiro atoms. The van der Waals surface area contributed by atoms with Gasteiger partial charge in [0.2, 0.25) is 15.9 Å². The Bertz CT molecular complexity index is 1020. The molecule has 2 heterocycles. The van der Waals surface area contributed by atoms with Crippen LogP contribution in [-0.4, -0.2) is 35.4 Å². The lowest BCUT2D eigenvalue weighted by Crippen LogP contribution is -2.27. The first-order valence-corrected chi connectivity index (χ1v) is 9.80. The Morgan fingerprint density at radius 1 is 1.22 bits per heavy atom. The molecule has 1 amide bonds. The number of carbonyl (C=O) groups is 1. The fourth-order valence-electron chi connectivity index (χ4n) is 2.25. The van der Waals surface area contributed by atoms with Crippen molar-refractivity contribution in [2.24, 2.45) is 0 Å². The number of sulfonamides is 1. The molecule has 0 atom stereocenters. The molecule has 0 bridgehead atoms. The van der Waals surface area contributed by atoms with Crippen molar-refractivity contribution in [1.29, 1.82) is 0 Å². The number of carbonyl (C=O) groups excluding carboxylic acids is 1. The zero-order valence-corrected chi connectivity index (χ0v) is 15.6. The lowest BCUT2D eigenvalue weighted by atomic mass is 10.3. The highest BCUT2D eigenvalue weighted by molar-refractivity contribution is 7.89. The topological polar surface area (TPSA) is 106 Å². The van der Waals surface area contributed by atoms with E-state index in [0.717, 1.165) is 0 Å². The van der Waals surface area contributed by atoms with E-state index >= 15 is 0 Å². The van der Waals surface area contributed by atoms with E-state index < -0.39 is 10.0 Å². The molecule has 0 unspecified atom stereocenters. The van der Waals surface area contributed by atoms with Crippen molar-refractivity contribution < 1.29 is 13.2 Å². The highest BCUT2D eigenvalue weighted by Gasteiger charge is 2.14. The normalized spacial score (nSPS) is 11.3. The number of hydrogen-bond acceptors (Lipinski definition) is 5. The minimum atomic E-state index is -3.72. The van der Waals surface area contributed by atoms with Crippen molar-refractivity contribution in [3.05, 3.63) is 66.3 Å². The molecular weight excluding hydrogens is 390 g/mol. The molecule has 0 saturated heterocycles. The first-order chi connectivity index (χ1) is 12.9. The van der Waals surface area contributed by atoms with Crippen molar-refractivity contribution >= 4 is 33.2 Å². The van der Waals surface area contributed by atoms with Crippen LogP contribution in [0.15, 0.2) is 66.2 Å². The summed E-state index contributed by atoms with van der Waals surface area (Å²) in [6.07, 6.45) is 6.51. The summed E-state index contributed by atoms with van der Waals surface area (Å²) >= 11 is 5.80. The molecule has 2 N–H and O–H groups in total. The average Bonchev–Trinajstić information content (AvgIpc) is 3.17. The van der Waals surface area contributed by atoms with E-state index in [1.54, 1.807) is 47.6 Å². The molecule has 3 aromatic rings. The molecular formula is C17H16ClN5O3S. The monoisotopic (exact) mass is 405 g/mol. The van der Waals surface area contributed by atoms with Gasteiger partial charge in [-0.3, -0.25) is 9.36 Å². The van der Waals surface area contributed by atoms with Crippen molar-refractivity contribution in [2.75, 3.05) is 11.9 Å². The van der Waals surface area contributed by atoms with E-state index in [9.17, 15) is 13.2 Å². The van der Waals surface area contributed by atoms with Gasteiger partial charge in [0.05, 0.1) is 16.8 Å². The van der Waals surface area contributed by atoms with Gasteiger partial charge in [0.1, 0.15) is 12.1 Å². The highest BCUT2D eigenvalue weighted by atomic mass is 35.5. The van der Waals surface area contributed by atoms with Crippen LogP contribution in [0.3, 0.4) is 0 Å². The van der Waals surface area contributed by atoms with E-state index in [2.05, 4.69) is 20.0 Å². The molecule has 10 heteroatoms. The van der Waals surface area contributed by atoms with Crippen molar-refractivity contribution in [1.82, 2.24) is 19.3 Å². The fraction of sp³-hybridized carbons (Fsp3) is 0.118. The van der Waals surface area contributed by atoms with E-state index in [0.29, 0.717) is 16.5 Å². The Labute approximate surface area is 161 Å². The number of imidazole rings is 1. The first-order valence-electron chi connectivity index (χ1n) is 7.93. The number of hydrogen-bond donors (Lipinski definition) is 2. The highest BCUT2D eigenvalue weighted by Crippen LogP contribution is 2.15. The Hall–Kier alpha value is -2.75. The summed E-state index contributed by atoms with van der Waals surface area (Å²) < 4.78 is 28.4.